The molecular formula is C15H21N3O2. The van der Waals surface area contributed by atoms with Crippen LogP contribution in [0.4, 0.5) is 0 Å². The highest BCUT2D eigenvalue weighted by Crippen LogP contribution is 2.28. The summed E-state index contributed by atoms with van der Waals surface area (Å²) in [5, 5.41) is 4.01. The topological polar surface area (TPSA) is 59.2 Å². The highest BCUT2D eigenvalue weighted by atomic mass is 16.5. The fourth-order valence-corrected chi connectivity index (χ4v) is 3.14. The van der Waals surface area contributed by atoms with Gasteiger partial charge in [0.2, 0.25) is 11.8 Å². The van der Waals surface area contributed by atoms with Gasteiger partial charge >= 0.3 is 0 Å². The van der Waals surface area contributed by atoms with Gasteiger partial charge in [-0.15, -0.1) is 0 Å². The standard InChI is InChI=1S/C15H21N3O2/c1-11-16-14(17-20-11)13-8-5-9-18(10-13)15(19)12-6-3-2-4-7-12/h2-3,12-13H,4-10H2,1H3. The van der Waals surface area contributed by atoms with Crippen molar-refractivity contribution in [2.24, 2.45) is 5.92 Å². The smallest absolute Gasteiger partial charge is 0.226 e. The van der Waals surface area contributed by atoms with Gasteiger partial charge in [-0.05, 0) is 32.1 Å². The maximum absolute atomic E-state index is 12.6. The number of piperidine rings is 1. The molecule has 1 aliphatic heterocycles. The van der Waals surface area contributed by atoms with E-state index in [1.54, 1.807) is 6.92 Å². The summed E-state index contributed by atoms with van der Waals surface area (Å²) in [6.45, 7) is 3.40. The number of likely N-dealkylation sites (tertiary alicyclic amines) is 1. The van der Waals surface area contributed by atoms with Gasteiger partial charge in [0.1, 0.15) is 0 Å². The van der Waals surface area contributed by atoms with E-state index in [9.17, 15) is 4.79 Å². The molecule has 108 valence electrons. The Morgan fingerprint density at radius 1 is 1.40 bits per heavy atom. The third kappa shape index (κ3) is 2.76. The van der Waals surface area contributed by atoms with Crippen molar-refractivity contribution in [1.29, 1.82) is 0 Å². The number of hydrogen-bond acceptors (Lipinski definition) is 4. The van der Waals surface area contributed by atoms with Gasteiger partial charge in [-0.1, -0.05) is 17.3 Å². The third-order valence-corrected chi connectivity index (χ3v) is 4.26. The molecule has 5 heteroatoms. The van der Waals surface area contributed by atoms with E-state index in [0.717, 1.165) is 51.0 Å². The first kappa shape index (κ1) is 13.3. The first-order valence-corrected chi connectivity index (χ1v) is 7.48. The second-order valence-corrected chi connectivity index (χ2v) is 5.78. The van der Waals surface area contributed by atoms with Crippen LogP contribution in [0.2, 0.25) is 0 Å². The zero-order valence-corrected chi connectivity index (χ0v) is 11.9. The van der Waals surface area contributed by atoms with Crippen molar-refractivity contribution in [3.63, 3.8) is 0 Å². The van der Waals surface area contributed by atoms with Crippen LogP contribution < -0.4 is 0 Å². The molecule has 1 amide bonds. The summed E-state index contributed by atoms with van der Waals surface area (Å²) in [7, 11) is 0. The Morgan fingerprint density at radius 2 is 2.30 bits per heavy atom. The van der Waals surface area contributed by atoms with Gasteiger partial charge in [-0.3, -0.25) is 4.79 Å². The van der Waals surface area contributed by atoms with Gasteiger partial charge in [0.25, 0.3) is 0 Å². The second-order valence-electron chi connectivity index (χ2n) is 5.78. The van der Waals surface area contributed by atoms with Gasteiger partial charge in [0, 0.05) is 31.8 Å². The van der Waals surface area contributed by atoms with Crippen LogP contribution in [0.15, 0.2) is 16.7 Å². The Balaban J connectivity index is 1.65. The minimum absolute atomic E-state index is 0.172. The molecule has 2 heterocycles. The van der Waals surface area contributed by atoms with E-state index in [1.807, 2.05) is 4.90 Å². The molecular weight excluding hydrogens is 254 g/mol. The van der Waals surface area contributed by atoms with Gasteiger partial charge < -0.3 is 9.42 Å². The lowest BCUT2D eigenvalue weighted by Crippen LogP contribution is -2.42. The first-order valence-electron chi connectivity index (χ1n) is 7.48. The molecule has 5 nitrogen and oxygen atoms in total. The van der Waals surface area contributed by atoms with Gasteiger partial charge in [0.15, 0.2) is 5.82 Å². The summed E-state index contributed by atoms with van der Waals surface area (Å²) in [5.41, 5.74) is 0. The molecule has 0 N–H and O–H groups in total. The fraction of sp³-hybridized carbons (Fsp3) is 0.667. The molecule has 1 aromatic heterocycles. The van der Waals surface area contributed by atoms with Crippen molar-refractivity contribution >= 4 is 5.91 Å². The molecule has 0 bridgehead atoms. The van der Waals surface area contributed by atoms with Gasteiger partial charge in [-0.2, -0.15) is 4.98 Å². The number of aromatic nitrogens is 2. The largest absolute Gasteiger partial charge is 0.342 e. The van der Waals surface area contributed by atoms with Gasteiger partial charge in [-0.25, -0.2) is 0 Å². The predicted octanol–water partition coefficient (Wildman–Crippen LogP) is 2.44. The summed E-state index contributed by atoms with van der Waals surface area (Å²) in [4.78, 5) is 18.9. The summed E-state index contributed by atoms with van der Waals surface area (Å²) in [6, 6.07) is 0. The maximum atomic E-state index is 12.6. The summed E-state index contributed by atoms with van der Waals surface area (Å²) >= 11 is 0. The summed E-state index contributed by atoms with van der Waals surface area (Å²) in [6.07, 6.45) is 9.26. The lowest BCUT2D eigenvalue weighted by molar-refractivity contribution is -0.137. The molecule has 3 rings (SSSR count). The zero-order chi connectivity index (χ0) is 13.9. The van der Waals surface area contributed by atoms with E-state index in [0.29, 0.717) is 11.8 Å². The number of allylic oxidation sites excluding steroid dienone is 2. The normalized spacial score (nSPS) is 26.8. The molecule has 1 fully saturated rings. The number of rotatable bonds is 2. The van der Waals surface area contributed by atoms with E-state index in [1.165, 1.54) is 0 Å². The van der Waals surface area contributed by atoms with Crippen LogP contribution in [0.1, 0.15) is 49.7 Å². The van der Waals surface area contributed by atoms with Crippen LogP contribution in [-0.2, 0) is 4.79 Å². The van der Waals surface area contributed by atoms with Crippen molar-refractivity contribution in [3.8, 4) is 0 Å². The molecule has 2 atom stereocenters. The highest BCUT2D eigenvalue weighted by Gasteiger charge is 2.31. The lowest BCUT2D eigenvalue weighted by Gasteiger charge is -2.34. The Labute approximate surface area is 119 Å². The first-order chi connectivity index (χ1) is 9.74. The average Bonchev–Trinajstić information content (AvgIpc) is 2.94. The number of carbonyl (C=O) groups excluding carboxylic acids is 1. The fourth-order valence-electron chi connectivity index (χ4n) is 3.14. The Bertz CT molecular complexity index is 509. The zero-order valence-electron chi connectivity index (χ0n) is 11.9. The molecule has 1 aromatic rings. The van der Waals surface area contributed by atoms with E-state index >= 15 is 0 Å². The van der Waals surface area contributed by atoms with Crippen LogP contribution >= 0.6 is 0 Å². The Morgan fingerprint density at radius 3 is 3.00 bits per heavy atom. The van der Waals surface area contributed by atoms with Crippen LogP contribution in [0.25, 0.3) is 0 Å². The molecule has 0 saturated carbocycles. The molecule has 2 aliphatic rings. The molecule has 1 aliphatic carbocycles. The third-order valence-electron chi connectivity index (χ3n) is 4.26. The number of carbonyl (C=O) groups is 1. The number of aryl methyl sites for hydroxylation is 1. The van der Waals surface area contributed by atoms with Crippen LogP contribution in [0.5, 0.6) is 0 Å². The molecule has 2 unspecified atom stereocenters. The molecule has 0 aromatic carbocycles. The molecule has 0 radical (unpaired) electrons. The van der Waals surface area contributed by atoms with Crippen LogP contribution in [-0.4, -0.2) is 34.0 Å². The molecule has 0 spiro atoms. The SMILES string of the molecule is Cc1nc(C2CCCN(C(=O)C3CC=CCC3)C2)no1. The maximum Gasteiger partial charge on any atom is 0.226 e. The highest BCUT2D eigenvalue weighted by molar-refractivity contribution is 5.79. The van der Waals surface area contributed by atoms with E-state index < -0.39 is 0 Å². The van der Waals surface area contributed by atoms with Crippen molar-refractivity contribution in [2.45, 2.75) is 44.9 Å². The van der Waals surface area contributed by atoms with Crippen molar-refractivity contribution < 1.29 is 9.32 Å². The van der Waals surface area contributed by atoms with Crippen molar-refractivity contribution in [3.05, 3.63) is 23.9 Å². The average molecular weight is 275 g/mol. The molecule has 1 saturated heterocycles. The van der Waals surface area contributed by atoms with Crippen molar-refractivity contribution in [1.82, 2.24) is 15.0 Å². The number of nitrogens with zero attached hydrogens (tertiary/aromatic N) is 3. The van der Waals surface area contributed by atoms with E-state index in [-0.39, 0.29) is 11.8 Å². The van der Waals surface area contributed by atoms with E-state index in [4.69, 9.17) is 4.52 Å². The number of amides is 1. The number of hydrogen-bond donors (Lipinski definition) is 0. The Hall–Kier alpha value is -1.65. The van der Waals surface area contributed by atoms with Gasteiger partial charge in [0.05, 0.1) is 0 Å². The minimum Gasteiger partial charge on any atom is -0.342 e. The van der Waals surface area contributed by atoms with Crippen LogP contribution in [0.3, 0.4) is 0 Å². The minimum atomic E-state index is 0.172. The summed E-state index contributed by atoms with van der Waals surface area (Å²) in [5.74, 6) is 2.05. The Kier molecular flexibility index (Phi) is 3.85. The van der Waals surface area contributed by atoms with E-state index in [2.05, 4.69) is 22.3 Å². The predicted molar refractivity (Wildman–Crippen MR) is 74.1 cm³/mol. The van der Waals surface area contributed by atoms with Crippen molar-refractivity contribution in [2.75, 3.05) is 13.1 Å². The molecule has 20 heavy (non-hydrogen) atoms. The monoisotopic (exact) mass is 275 g/mol. The van der Waals surface area contributed by atoms with Crippen LogP contribution in [0, 0.1) is 12.8 Å². The lowest BCUT2D eigenvalue weighted by atomic mass is 9.90. The summed E-state index contributed by atoms with van der Waals surface area (Å²) < 4.78 is 5.06. The second kappa shape index (κ2) is 5.77. The quantitative estimate of drug-likeness (QED) is 0.778.